The molecule has 0 atom stereocenters. The third-order valence-electron chi connectivity index (χ3n) is 2.73. The summed E-state index contributed by atoms with van der Waals surface area (Å²) in [5, 5.41) is 0.847. The van der Waals surface area contributed by atoms with Crippen molar-refractivity contribution < 1.29 is 0 Å². The minimum atomic E-state index is -0.218. The number of nitrogens with one attached hydrogen (secondary N) is 1. The summed E-state index contributed by atoms with van der Waals surface area (Å²) in [5.41, 5.74) is 1.26. The highest BCUT2D eigenvalue weighted by Gasteiger charge is 2.07. The second-order valence-corrected chi connectivity index (χ2v) is 4.32. The number of H-pyrrole nitrogens is 1. The largest absolute Gasteiger partial charge is 0.306 e. The Balaban J connectivity index is 2.33. The van der Waals surface area contributed by atoms with Crippen LogP contribution in [0.2, 0.25) is 5.02 Å². The first-order valence-corrected chi connectivity index (χ1v) is 5.87. The molecule has 4 heteroatoms. The first-order valence-electron chi connectivity index (χ1n) is 5.50. The van der Waals surface area contributed by atoms with Crippen LogP contribution in [0.15, 0.2) is 53.3 Å². The van der Waals surface area contributed by atoms with Gasteiger partial charge in [0.15, 0.2) is 0 Å². The van der Waals surface area contributed by atoms with Crippen molar-refractivity contribution in [3.05, 3.63) is 63.9 Å². The molecule has 0 aliphatic heterocycles. The van der Waals surface area contributed by atoms with Crippen molar-refractivity contribution >= 4 is 22.5 Å². The van der Waals surface area contributed by atoms with Gasteiger partial charge in [0.05, 0.1) is 15.9 Å². The molecule has 0 amide bonds. The lowest BCUT2D eigenvalue weighted by Crippen LogP contribution is -2.09. The Hall–Kier alpha value is -2.13. The van der Waals surface area contributed by atoms with Crippen LogP contribution < -0.4 is 5.56 Å². The number of rotatable bonds is 1. The van der Waals surface area contributed by atoms with E-state index in [2.05, 4.69) is 9.97 Å². The lowest BCUT2D eigenvalue weighted by atomic mass is 10.2. The second-order valence-electron chi connectivity index (χ2n) is 3.91. The fourth-order valence-electron chi connectivity index (χ4n) is 1.88. The third-order valence-corrected chi connectivity index (χ3v) is 3.05. The Morgan fingerprint density at radius 2 is 1.78 bits per heavy atom. The maximum absolute atomic E-state index is 12.0. The van der Waals surface area contributed by atoms with Gasteiger partial charge in [-0.25, -0.2) is 4.98 Å². The van der Waals surface area contributed by atoms with Gasteiger partial charge in [-0.3, -0.25) is 4.79 Å². The van der Waals surface area contributed by atoms with Gasteiger partial charge in [-0.2, -0.15) is 0 Å². The summed E-state index contributed by atoms with van der Waals surface area (Å²) in [7, 11) is 0. The van der Waals surface area contributed by atoms with Gasteiger partial charge >= 0.3 is 0 Å². The minimum absolute atomic E-state index is 0.218. The van der Waals surface area contributed by atoms with Gasteiger partial charge in [-0.05, 0) is 12.1 Å². The van der Waals surface area contributed by atoms with Gasteiger partial charge in [0.25, 0.3) is 5.56 Å². The maximum atomic E-state index is 12.0. The molecule has 0 aliphatic rings. The van der Waals surface area contributed by atoms with Gasteiger partial charge in [0.2, 0.25) is 0 Å². The van der Waals surface area contributed by atoms with Crippen molar-refractivity contribution in [3.8, 4) is 11.4 Å². The molecular weight excluding hydrogens is 248 g/mol. The molecule has 0 bridgehead atoms. The zero-order valence-electron chi connectivity index (χ0n) is 9.35. The van der Waals surface area contributed by atoms with Crippen LogP contribution in [0.25, 0.3) is 22.3 Å². The molecule has 0 fully saturated rings. The van der Waals surface area contributed by atoms with Crippen molar-refractivity contribution in [2.45, 2.75) is 0 Å². The first kappa shape index (κ1) is 11.0. The van der Waals surface area contributed by atoms with Gasteiger partial charge in [-0.15, -0.1) is 0 Å². The van der Waals surface area contributed by atoms with E-state index in [1.807, 2.05) is 30.3 Å². The van der Waals surface area contributed by atoms with E-state index in [4.69, 9.17) is 11.6 Å². The van der Waals surface area contributed by atoms with Crippen molar-refractivity contribution in [1.29, 1.82) is 0 Å². The molecule has 0 saturated carbocycles. The van der Waals surface area contributed by atoms with E-state index in [-0.39, 0.29) is 5.56 Å². The van der Waals surface area contributed by atoms with E-state index < -0.39 is 0 Å². The van der Waals surface area contributed by atoms with E-state index in [0.717, 1.165) is 5.56 Å². The topological polar surface area (TPSA) is 45.8 Å². The van der Waals surface area contributed by atoms with Gasteiger partial charge < -0.3 is 4.98 Å². The van der Waals surface area contributed by atoms with Gasteiger partial charge in [0.1, 0.15) is 5.82 Å². The maximum Gasteiger partial charge on any atom is 0.260 e. The van der Waals surface area contributed by atoms with E-state index in [1.165, 1.54) is 0 Å². The van der Waals surface area contributed by atoms with E-state index in [1.54, 1.807) is 18.2 Å². The van der Waals surface area contributed by atoms with Crippen LogP contribution in [-0.2, 0) is 0 Å². The molecule has 3 rings (SSSR count). The average molecular weight is 257 g/mol. The van der Waals surface area contributed by atoms with Crippen LogP contribution in [-0.4, -0.2) is 9.97 Å². The molecule has 1 heterocycles. The predicted octanol–water partition coefficient (Wildman–Crippen LogP) is 3.24. The van der Waals surface area contributed by atoms with Gasteiger partial charge in [0, 0.05) is 5.56 Å². The Labute approximate surface area is 108 Å². The number of halogens is 1. The van der Waals surface area contributed by atoms with E-state index >= 15 is 0 Å². The van der Waals surface area contributed by atoms with E-state index in [0.29, 0.717) is 21.7 Å². The third kappa shape index (κ3) is 1.79. The summed E-state index contributed by atoms with van der Waals surface area (Å²) in [6, 6.07) is 14.8. The zero-order chi connectivity index (χ0) is 12.5. The number of benzene rings is 2. The standard InChI is InChI=1S/C14H9ClN2O/c15-10-7-4-8-11-12(10)14(18)17-13(16-11)9-5-2-1-3-6-9/h1-8H,(H,16,17,18). The summed E-state index contributed by atoms with van der Waals surface area (Å²) in [4.78, 5) is 19.2. The molecular formula is C14H9ClN2O. The fourth-order valence-corrected chi connectivity index (χ4v) is 2.14. The summed E-state index contributed by atoms with van der Waals surface area (Å²) in [5.74, 6) is 0.551. The Bertz CT molecular complexity index is 766. The molecule has 0 unspecified atom stereocenters. The Morgan fingerprint density at radius 1 is 1.00 bits per heavy atom. The van der Waals surface area contributed by atoms with Crippen LogP contribution in [0.1, 0.15) is 0 Å². The SMILES string of the molecule is O=c1[nH]c(-c2ccccc2)nc2cccc(Cl)c12. The van der Waals surface area contributed by atoms with E-state index in [9.17, 15) is 4.79 Å². The van der Waals surface area contributed by atoms with Crippen LogP contribution in [0.3, 0.4) is 0 Å². The zero-order valence-corrected chi connectivity index (χ0v) is 10.1. The number of nitrogens with zero attached hydrogens (tertiary/aromatic N) is 1. The molecule has 1 N–H and O–H groups in total. The fraction of sp³-hybridized carbons (Fsp3) is 0. The summed E-state index contributed by atoms with van der Waals surface area (Å²) in [6.45, 7) is 0. The molecule has 3 nitrogen and oxygen atoms in total. The molecule has 88 valence electrons. The van der Waals surface area contributed by atoms with Crippen LogP contribution >= 0.6 is 11.6 Å². The molecule has 1 aromatic heterocycles. The number of fused-ring (bicyclic) bond motifs is 1. The highest BCUT2D eigenvalue weighted by Crippen LogP contribution is 2.20. The smallest absolute Gasteiger partial charge is 0.260 e. The predicted molar refractivity (Wildman–Crippen MR) is 72.8 cm³/mol. The van der Waals surface area contributed by atoms with Gasteiger partial charge in [-0.1, -0.05) is 48.0 Å². The number of hydrogen-bond donors (Lipinski definition) is 1. The molecule has 2 aromatic carbocycles. The molecule has 0 spiro atoms. The van der Waals surface area contributed by atoms with Crippen molar-refractivity contribution in [3.63, 3.8) is 0 Å². The van der Waals surface area contributed by atoms with Crippen LogP contribution in [0, 0.1) is 0 Å². The Morgan fingerprint density at radius 3 is 2.56 bits per heavy atom. The highest BCUT2D eigenvalue weighted by atomic mass is 35.5. The molecule has 0 aliphatic carbocycles. The molecule has 0 saturated heterocycles. The van der Waals surface area contributed by atoms with Crippen molar-refractivity contribution in [2.24, 2.45) is 0 Å². The molecule has 18 heavy (non-hydrogen) atoms. The number of aromatic nitrogens is 2. The quantitative estimate of drug-likeness (QED) is 0.726. The highest BCUT2D eigenvalue weighted by molar-refractivity contribution is 6.35. The monoisotopic (exact) mass is 256 g/mol. The summed E-state index contributed by atoms with van der Waals surface area (Å²) >= 11 is 6.00. The molecule has 0 radical (unpaired) electrons. The molecule has 3 aromatic rings. The number of aromatic amines is 1. The van der Waals surface area contributed by atoms with Crippen molar-refractivity contribution in [2.75, 3.05) is 0 Å². The lowest BCUT2D eigenvalue weighted by molar-refractivity contribution is 1.18. The second kappa shape index (κ2) is 4.27. The lowest BCUT2D eigenvalue weighted by Gasteiger charge is -2.03. The normalized spacial score (nSPS) is 10.7. The summed E-state index contributed by atoms with van der Waals surface area (Å²) < 4.78 is 0. The minimum Gasteiger partial charge on any atom is -0.306 e. The van der Waals surface area contributed by atoms with Crippen LogP contribution in [0.5, 0.6) is 0 Å². The summed E-state index contributed by atoms with van der Waals surface area (Å²) in [6.07, 6.45) is 0. The van der Waals surface area contributed by atoms with Crippen LogP contribution in [0.4, 0.5) is 0 Å². The average Bonchev–Trinajstić information content (AvgIpc) is 2.39. The van der Waals surface area contributed by atoms with Crippen molar-refractivity contribution in [1.82, 2.24) is 9.97 Å². The first-order chi connectivity index (χ1) is 8.75. The number of hydrogen-bond acceptors (Lipinski definition) is 2. The Kier molecular flexibility index (Phi) is 2.61.